The number of carbonyl (C=O) groups is 3. The minimum Gasteiger partial charge on any atom is -0.343 e. The molecule has 3 aliphatic rings. The Kier molecular flexibility index (Phi) is 5.54. The Morgan fingerprint density at radius 3 is 2.40 bits per heavy atom. The van der Waals surface area contributed by atoms with Crippen LogP contribution < -0.4 is 5.32 Å². The van der Waals surface area contributed by atoms with E-state index in [-0.39, 0.29) is 17.8 Å². The van der Waals surface area contributed by atoms with Crippen LogP contribution >= 0.6 is 0 Å². The molecular weight excluding hydrogens is 380 g/mol. The largest absolute Gasteiger partial charge is 0.343 e. The SMILES string of the molecule is CC(C)c1ccc(C2NC(=O)N(C)C3=C2C(=O)N(CCCN2CCCC2=O)C3)cc1. The lowest BCUT2D eigenvalue weighted by Crippen LogP contribution is -2.45. The van der Waals surface area contributed by atoms with Crippen molar-refractivity contribution in [2.75, 3.05) is 33.2 Å². The van der Waals surface area contributed by atoms with Crippen molar-refractivity contribution >= 4 is 17.8 Å². The van der Waals surface area contributed by atoms with Gasteiger partial charge in [-0.15, -0.1) is 0 Å². The fourth-order valence-electron chi connectivity index (χ4n) is 4.52. The minimum absolute atomic E-state index is 0.0254. The number of urea groups is 1. The van der Waals surface area contributed by atoms with Gasteiger partial charge in [-0.2, -0.15) is 0 Å². The van der Waals surface area contributed by atoms with Crippen LogP contribution in [0.2, 0.25) is 0 Å². The van der Waals surface area contributed by atoms with Crippen LogP contribution in [0.3, 0.4) is 0 Å². The highest BCUT2D eigenvalue weighted by atomic mass is 16.2. The Morgan fingerprint density at radius 2 is 1.77 bits per heavy atom. The molecule has 7 nitrogen and oxygen atoms in total. The van der Waals surface area contributed by atoms with Crippen LogP contribution in [-0.4, -0.2) is 65.8 Å². The summed E-state index contributed by atoms with van der Waals surface area (Å²) in [5, 5.41) is 2.99. The third-order valence-electron chi connectivity index (χ3n) is 6.40. The molecule has 30 heavy (non-hydrogen) atoms. The Bertz CT molecular complexity index is 890. The van der Waals surface area contributed by atoms with Crippen LogP contribution in [0.25, 0.3) is 0 Å². The molecular formula is C23H30N4O3. The molecule has 0 spiro atoms. The lowest BCUT2D eigenvalue weighted by Gasteiger charge is -2.31. The van der Waals surface area contributed by atoms with E-state index < -0.39 is 6.04 Å². The number of benzene rings is 1. The van der Waals surface area contributed by atoms with E-state index in [2.05, 4.69) is 31.3 Å². The number of likely N-dealkylation sites (N-methyl/N-ethyl adjacent to an activating group) is 1. The van der Waals surface area contributed by atoms with Crippen LogP contribution in [0.4, 0.5) is 4.79 Å². The van der Waals surface area contributed by atoms with Gasteiger partial charge in [0.25, 0.3) is 5.91 Å². The van der Waals surface area contributed by atoms with Crippen molar-refractivity contribution in [3.05, 3.63) is 46.7 Å². The second-order valence-corrected chi connectivity index (χ2v) is 8.69. The molecule has 1 fully saturated rings. The summed E-state index contributed by atoms with van der Waals surface area (Å²) in [6.45, 7) is 6.79. The molecule has 1 N–H and O–H groups in total. The molecule has 160 valence electrons. The summed E-state index contributed by atoms with van der Waals surface area (Å²) in [5.41, 5.74) is 3.58. The molecule has 4 amide bonds. The number of hydrogen-bond donors (Lipinski definition) is 1. The first-order valence-corrected chi connectivity index (χ1v) is 10.8. The summed E-state index contributed by atoms with van der Waals surface area (Å²) in [4.78, 5) is 42.8. The average Bonchev–Trinajstić information content (AvgIpc) is 3.28. The summed E-state index contributed by atoms with van der Waals surface area (Å²) < 4.78 is 0. The topological polar surface area (TPSA) is 73.0 Å². The molecule has 1 aromatic carbocycles. The van der Waals surface area contributed by atoms with E-state index in [0.717, 1.165) is 30.6 Å². The van der Waals surface area contributed by atoms with E-state index in [1.807, 2.05) is 17.0 Å². The molecule has 0 saturated carbocycles. The van der Waals surface area contributed by atoms with Crippen LogP contribution in [0.15, 0.2) is 35.5 Å². The van der Waals surface area contributed by atoms with Crippen molar-refractivity contribution in [1.29, 1.82) is 0 Å². The molecule has 0 aliphatic carbocycles. The van der Waals surface area contributed by atoms with Gasteiger partial charge in [0, 0.05) is 33.1 Å². The van der Waals surface area contributed by atoms with Crippen molar-refractivity contribution in [3.8, 4) is 0 Å². The predicted octanol–water partition coefficient (Wildman–Crippen LogP) is 2.61. The second-order valence-electron chi connectivity index (χ2n) is 8.69. The number of carbonyl (C=O) groups excluding carboxylic acids is 3. The molecule has 0 radical (unpaired) electrons. The number of likely N-dealkylation sites (tertiary alicyclic amines) is 1. The first kappa shape index (κ1) is 20.4. The van der Waals surface area contributed by atoms with Gasteiger partial charge in [-0.3, -0.25) is 14.5 Å². The lowest BCUT2D eigenvalue weighted by molar-refractivity contribution is -0.127. The van der Waals surface area contributed by atoms with Crippen LogP contribution in [0, 0.1) is 0 Å². The number of rotatable bonds is 6. The van der Waals surface area contributed by atoms with Gasteiger partial charge in [-0.1, -0.05) is 38.1 Å². The highest BCUT2D eigenvalue weighted by Crippen LogP contribution is 2.36. The molecule has 0 bridgehead atoms. The highest BCUT2D eigenvalue weighted by Gasteiger charge is 2.42. The zero-order chi connectivity index (χ0) is 21.4. The Morgan fingerprint density at radius 1 is 1.07 bits per heavy atom. The third-order valence-corrected chi connectivity index (χ3v) is 6.40. The third kappa shape index (κ3) is 3.68. The van der Waals surface area contributed by atoms with E-state index in [9.17, 15) is 14.4 Å². The average molecular weight is 411 g/mol. The van der Waals surface area contributed by atoms with Crippen molar-refractivity contribution in [2.45, 2.75) is 45.1 Å². The van der Waals surface area contributed by atoms with Crippen molar-refractivity contribution < 1.29 is 14.4 Å². The molecule has 4 rings (SSSR count). The minimum atomic E-state index is -0.428. The summed E-state index contributed by atoms with van der Waals surface area (Å²) in [7, 11) is 1.71. The van der Waals surface area contributed by atoms with E-state index >= 15 is 0 Å². The van der Waals surface area contributed by atoms with Gasteiger partial charge in [-0.05, 0) is 29.9 Å². The van der Waals surface area contributed by atoms with Crippen molar-refractivity contribution in [2.24, 2.45) is 0 Å². The maximum atomic E-state index is 13.3. The van der Waals surface area contributed by atoms with Crippen LogP contribution in [0.1, 0.15) is 56.2 Å². The standard InChI is InChI=1S/C23H30N4O3/c1-15(2)16-7-9-17(10-8-16)21-20-18(25(3)23(30)24-21)14-27(22(20)29)13-5-12-26-11-4-6-19(26)28/h7-10,15,21H,4-6,11-14H2,1-3H3,(H,24,30). The molecule has 1 saturated heterocycles. The van der Waals surface area contributed by atoms with E-state index in [4.69, 9.17) is 0 Å². The van der Waals surface area contributed by atoms with Gasteiger partial charge >= 0.3 is 6.03 Å². The summed E-state index contributed by atoms with van der Waals surface area (Å²) >= 11 is 0. The number of hydrogen-bond acceptors (Lipinski definition) is 3. The first-order chi connectivity index (χ1) is 14.4. The first-order valence-electron chi connectivity index (χ1n) is 10.8. The van der Waals surface area contributed by atoms with Gasteiger partial charge in [0.15, 0.2) is 0 Å². The Hall–Kier alpha value is -2.83. The maximum Gasteiger partial charge on any atom is 0.322 e. The fourth-order valence-corrected chi connectivity index (χ4v) is 4.52. The van der Waals surface area contributed by atoms with Crippen LogP contribution in [0.5, 0.6) is 0 Å². The second kappa shape index (κ2) is 8.13. The number of nitrogens with zero attached hydrogens (tertiary/aromatic N) is 3. The zero-order valence-corrected chi connectivity index (χ0v) is 18.0. The van der Waals surface area contributed by atoms with Crippen molar-refractivity contribution in [1.82, 2.24) is 20.0 Å². The van der Waals surface area contributed by atoms with Crippen LogP contribution in [-0.2, 0) is 9.59 Å². The lowest BCUT2D eigenvalue weighted by atomic mass is 9.93. The van der Waals surface area contributed by atoms with Gasteiger partial charge in [0.05, 0.1) is 23.9 Å². The van der Waals surface area contributed by atoms with E-state index in [1.54, 1.807) is 16.8 Å². The molecule has 7 heteroatoms. The number of amides is 4. The summed E-state index contributed by atoms with van der Waals surface area (Å²) in [6, 6.07) is 7.52. The predicted molar refractivity (Wildman–Crippen MR) is 114 cm³/mol. The van der Waals surface area contributed by atoms with Gasteiger partial charge < -0.3 is 15.1 Å². The van der Waals surface area contributed by atoms with Gasteiger partial charge in [0.1, 0.15) is 0 Å². The molecule has 3 aliphatic heterocycles. The Balaban J connectivity index is 1.49. The molecule has 0 aromatic heterocycles. The molecule has 1 unspecified atom stereocenters. The monoisotopic (exact) mass is 410 g/mol. The summed E-state index contributed by atoms with van der Waals surface area (Å²) in [6.07, 6.45) is 2.30. The van der Waals surface area contributed by atoms with Crippen molar-refractivity contribution in [3.63, 3.8) is 0 Å². The maximum absolute atomic E-state index is 13.3. The van der Waals surface area contributed by atoms with Gasteiger partial charge in [-0.25, -0.2) is 4.79 Å². The van der Waals surface area contributed by atoms with E-state index in [1.165, 1.54) is 5.56 Å². The Labute approximate surface area is 177 Å². The highest BCUT2D eigenvalue weighted by molar-refractivity contribution is 6.01. The zero-order valence-electron chi connectivity index (χ0n) is 18.0. The molecule has 1 atom stereocenters. The normalized spacial score (nSPS) is 21.8. The quantitative estimate of drug-likeness (QED) is 0.784. The summed E-state index contributed by atoms with van der Waals surface area (Å²) in [5.74, 6) is 0.606. The number of nitrogens with one attached hydrogen (secondary N) is 1. The molecule has 1 aromatic rings. The molecule has 3 heterocycles. The van der Waals surface area contributed by atoms with E-state index in [0.29, 0.717) is 37.5 Å². The smallest absolute Gasteiger partial charge is 0.322 e. The fraction of sp³-hybridized carbons (Fsp3) is 0.522. The van der Waals surface area contributed by atoms with Gasteiger partial charge in [0.2, 0.25) is 5.91 Å².